The number of hydrogen-bond acceptors (Lipinski definition) is 6. The molecular formula is C20H18FN3O4S. The lowest BCUT2D eigenvalue weighted by Crippen LogP contribution is -2.04. The molecule has 0 atom stereocenters. The summed E-state index contributed by atoms with van der Waals surface area (Å²) in [5.41, 5.74) is 2.21. The number of nitrogens with zero attached hydrogens (tertiary/aromatic N) is 3. The summed E-state index contributed by atoms with van der Waals surface area (Å²) in [7, 11) is -2.01. The lowest BCUT2D eigenvalue weighted by Gasteiger charge is -2.09. The number of benzene rings is 2. The third kappa shape index (κ3) is 3.99. The van der Waals surface area contributed by atoms with Gasteiger partial charge in [-0.05, 0) is 29.8 Å². The SMILES string of the molecule is COc1ccc(-c2c(-c3ccc(S(C)(=O)=O)cc3)nn(CC#N)c2CO)cc1F. The van der Waals surface area contributed by atoms with Gasteiger partial charge in [-0.3, -0.25) is 4.68 Å². The molecule has 29 heavy (non-hydrogen) atoms. The number of halogens is 1. The minimum Gasteiger partial charge on any atom is -0.494 e. The highest BCUT2D eigenvalue weighted by molar-refractivity contribution is 7.90. The molecule has 1 N–H and O–H groups in total. The number of rotatable bonds is 6. The maximum Gasteiger partial charge on any atom is 0.175 e. The van der Waals surface area contributed by atoms with Crippen LogP contribution in [0.5, 0.6) is 5.75 Å². The van der Waals surface area contributed by atoms with Crippen molar-refractivity contribution in [3.8, 4) is 34.2 Å². The van der Waals surface area contributed by atoms with Crippen LogP contribution in [0.4, 0.5) is 4.39 Å². The van der Waals surface area contributed by atoms with Crippen LogP contribution in [0.3, 0.4) is 0 Å². The van der Waals surface area contributed by atoms with E-state index >= 15 is 0 Å². The van der Waals surface area contributed by atoms with Crippen molar-refractivity contribution in [2.45, 2.75) is 18.0 Å². The molecule has 3 rings (SSSR count). The number of nitriles is 1. The maximum absolute atomic E-state index is 14.3. The van der Waals surface area contributed by atoms with Crippen molar-refractivity contribution in [3.63, 3.8) is 0 Å². The van der Waals surface area contributed by atoms with Gasteiger partial charge in [-0.2, -0.15) is 10.4 Å². The van der Waals surface area contributed by atoms with E-state index in [1.54, 1.807) is 18.2 Å². The Morgan fingerprint density at radius 3 is 2.38 bits per heavy atom. The van der Waals surface area contributed by atoms with E-state index in [9.17, 15) is 17.9 Å². The summed E-state index contributed by atoms with van der Waals surface area (Å²) in [5.74, 6) is -0.511. The van der Waals surface area contributed by atoms with Crippen LogP contribution >= 0.6 is 0 Å². The van der Waals surface area contributed by atoms with Crippen molar-refractivity contribution in [3.05, 3.63) is 54.0 Å². The van der Waals surface area contributed by atoms with E-state index in [1.807, 2.05) is 6.07 Å². The topological polar surface area (TPSA) is 105 Å². The highest BCUT2D eigenvalue weighted by atomic mass is 32.2. The first-order valence-corrected chi connectivity index (χ1v) is 10.4. The number of aromatic nitrogens is 2. The molecule has 0 saturated heterocycles. The highest BCUT2D eigenvalue weighted by Crippen LogP contribution is 2.36. The van der Waals surface area contributed by atoms with Crippen molar-refractivity contribution in [1.82, 2.24) is 9.78 Å². The molecule has 1 aromatic heterocycles. The lowest BCUT2D eigenvalue weighted by molar-refractivity contribution is 0.270. The second-order valence-electron chi connectivity index (χ2n) is 6.29. The molecule has 0 aliphatic heterocycles. The van der Waals surface area contributed by atoms with E-state index in [2.05, 4.69) is 5.10 Å². The normalized spacial score (nSPS) is 11.3. The molecule has 7 nitrogen and oxygen atoms in total. The lowest BCUT2D eigenvalue weighted by atomic mass is 9.98. The molecule has 3 aromatic rings. The van der Waals surface area contributed by atoms with Gasteiger partial charge in [0.2, 0.25) is 0 Å². The zero-order valence-corrected chi connectivity index (χ0v) is 16.6. The molecule has 0 unspecified atom stereocenters. The van der Waals surface area contributed by atoms with Gasteiger partial charge in [0.05, 0.1) is 30.4 Å². The molecule has 0 aliphatic carbocycles. The fourth-order valence-electron chi connectivity index (χ4n) is 3.04. The predicted molar refractivity (Wildman–Crippen MR) is 104 cm³/mol. The third-order valence-corrected chi connectivity index (χ3v) is 5.55. The van der Waals surface area contributed by atoms with Crippen molar-refractivity contribution in [1.29, 1.82) is 5.26 Å². The second kappa shape index (κ2) is 8.03. The Bertz CT molecular complexity index is 1200. The van der Waals surface area contributed by atoms with E-state index in [0.29, 0.717) is 28.1 Å². The van der Waals surface area contributed by atoms with Crippen molar-refractivity contribution >= 4 is 9.84 Å². The Hall–Kier alpha value is -3.22. The van der Waals surface area contributed by atoms with Crippen LogP contribution in [0.1, 0.15) is 5.69 Å². The zero-order chi connectivity index (χ0) is 21.2. The standard InChI is InChI=1S/C20H18FN3O4S/c1-28-18-8-5-14(11-16(18)21)19-17(12-25)24(10-9-22)23-20(19)13-3-6-15(7-4-13)29(2,26)27/h3-8,11,25H,10,12H2,1-2H3. The van der Waals surface area contributed by atoms with Crippen LogP contribution in [0.15, 0.2) is 47.4 Å². The number of methoxy groups -OCH3 is 1. The van der Waals surface area contributed by atoms with Gasteiger partial charge in [0.15, 0.2) is 21.4 Å². The van der Waals surface area contributed by atoms with E-state index in [-0.39, 0.29) is 17.2 Å². The number of aliphatic hydroxyl groups excluding tert-OH is 1. The van der Waals surface area contributed by atoms with Gasteiger partial charge in [-0.1, -0.05) is 18.2 Å². The maximum atomic E-state index is 14.3. The van der Waals surface area contributed by atoms with E-state index in [4.69, 9.17) is 10.00 Å². The quantitative estimate of drug-likeness (QED) is 0.664. The monoisotopic (exact) mass is 415 g/mol. The third-order valence-electron chi connectivity index (χ3n) is 4.42. The molecule has 0 saturated carbocycles. The molecular weight excluding hydrogens is 397 g/mol. The van der Waals surface area contributed by atoms with Gasteiger partial charge in [0, 0.05) is 17.4 Å². The van der Waals surface area contributed by atoms with Gasteiger partial charge in [-0.15, -0.1) is 0 Å². The Morgan fingerprint density at radius 2 is 1.86 bits per heavy atom. The first-order chi connectivity index (χ1) is 13.8. The van der Waals surface area contributed by atoms with E-state index in [0.717, 1.165) is 6.26 Å². The highest BCUT2D eigenvalue weighted by Gasteiger charge is 2.21. The van der Waals surface area contributed by atoms with Gasteiger partial charge in [0.25, 0.3) is 0 Å². The van der Waals surface area contributed by atoms with E-state index in [1.165, 1.54) is 36.1 Å². The molecule has 150 valence electrons. The van der Waals surface area contributed by atoms with Crippen LogP contribution in [0, 0.1) is 17.1 Å². The zero-order valence-electron chi connectivity index (χ0n) is 15.8. The van der Waals surface area contributed by atoms with Gasteiger partial charge >= 0.3 is 0 Å². The van der Waals surface area contributed by atoms with Crippen molar-refractivity contribution in [2.24, 2.45) is 0 Å². The Labute approximate surface area is 167 Å². The molecule has 1 heterocycles. The Kier molecular flexibility index (Phi) is 5.68. The van der Waals surface area contributed by atoms with E-state index < -0.39 is 22.3 Å². The molecule has 2 aromatic carbocycles. The van der Waals surface area contributed by atoms with Gasteiger partial charge in [-0.25, -0.2) is 12.8 Å². The van der Waals surface area contributed by atoms with Gasteiger partial charge < -0.3 is 9.84 Å². The Morgan fingerprint density at radius 1 is 1.21 bits per heavy atom. The van der Waals surface area contributed by atoms with Crippen LogP contribution in [-0.4, -0.2) is 36.7 Å². The summed E-state index contributed by atoms with van der Waals surface area (Å²) >= 11 is 0. The first-order valence-electron chi connectivity index (χ1n) is 8.52. The summed E-state index contributed by atoms with van der Waals surface area (Å²) in [4.78, 5) is 0.150. The molecule has 0 spiro atoms. The molecule has 0 amide bonds. The summed E-state index contributed by atoms with van der Waals surface area (Å²) in [6, 6.07) is 12.4. The molecule has 9 heteroatoms. The summed E-state index contributed by atoms with van der Waals surface area (Å²) in [5, 5.41) is 23.4. The smallest absolute Gasteiger partial charge is 0.175 e. The average Bonchev–Trinajstić information content (AvgIpc) is 3.06. The molecule has 0 radical (unpaired) electrons. The summed E-state index contributed by atoms with van der Waals surface area (Å²) in [6.07, 6.45) is 1.11. The number of hydrogen-bond donors (Lipinski definition) is 1. The predicted octanol–water partition coefficient (Wildman–Crippen LogP) is 2.78. The first kappa shape index (κ1) is 20.5. The molecule has 0 bridgehead atoms. The number of sulfone groups is 1. The van der Waals surface area contributed by atoms with Crippen molar-refractivity contribution < 1.29 is 22.7 Å². The van der Waals surface area contributed by atoms with Crippen LogP contribution < -0.4 is 4.74 Å². The van der Waals surface area contributed by atoms with Crippen LogP contribution in [0.25, 0.3) is 22.4 Å². The van der Waals surface area contributed by atoms with Gasteiger partial charge in [0.1, 0.15) is 12.2 Å². The second-order valence-corrected chi connectivity index (χ2v) is 8.31. The summed E-state index contributed by atoms with van der Waals surface area (Å²) in [6.45, 7) is -0.526. The fourth-order valence-corrected chi connectivity index (χ4v) is 3.67. The Balaban J connectivity index is 2.24. The largest absolute Gasteiger partial charge is 0.494 e. The number of aliphatic hydroxyl groups is 1. The number of ether oxygens (including phenoxy) is 1. The minimum atomic E-state index is -3.37. The average molecular weight is 415 g/mol. The molecule has 0 fully saturated rings. The molecule has 0 aliphatic rings. The summed E-state index contributed by atoms with van der Waals surface area (Å²) < 4.78 is 44.0. The van der Waals surface area contributed by atoms with Crippen LogP contribution in [-0.2, 0) is 23.0 Å². The van der Waals surface area contributed by atoms with Crippen molar-refractivity contribution in [2.75, 3.05) is 13.4 Å². The fraction of sp³-hybridized carbons (Fsp3) is 0.200. The van der Waals surface area contributed by atoms with Crippen LogP contribution in [0.2, 0.25) is 0 Å². The minimum absolute atomic E-state index is 0.0720.